The van der Waals surface area contributed by atoms with Crippen molar-refractivity contribution in [1.29, 1.82) is 0 Å². The van der Waals surface area contributed by atoms with Crippen molar-refractivity contribution in [3.63, 3.8) is 0 Å². The normalized spacial score (nSPS) is 14.7. The van der Waals surface area contributed by atoms with Gasteiger partial charge in [-0.1, -0.05) is 11.6 Å². The minimum Gasteiger partial charge on any atom is -0.478 e. The molecule has 21 heavy (non-hydrogen) atoms. The number of carboxylic acids is 1. The van der Waals surface area contributed by atoms with Crippen LogP contribution >= 0.6 is 11.6 Å². The van der Waals surface area contributed by atoms with Gasteiger partial charge in [0.15, 0.2) is 9.84 Å². The van der Waals surface area contributed by atoms with E-state index in [0.717, 1.165) is 25.0 Å². The molecule has 0 atom stereocenters. The Balaban J connectivity index is 2.06. The molecule has 0 aliphatic heterocycles. The number of hydrogen-bond acceptors (Lipinski definition) is 4. The highest BCUT2D eigenvalue weighted by molar-refractivity contribution is 7.91. The summed E-state index contributed by atoms with van der Waals surface area (Å²) in [6, 6.07) is 3.61. The van der Waals surface area contributed by atoms with E-state index < -0.39 is 15.8 Å². The van der Waals surface area contributed by atoms with E-state index in [0.29, 0.717) is 0 Å². The van der Waals surface area contributed by atoms with Crippen LogP contribution in [0.4, 0.5) is 0 Å². The van der Waals surface area contributed by atoms with Gasteiger partial charge in [-0.15, -0.1) is 0 Å². The van der Waals surface area contributed by atoms with Crippen LogP contribution in [0.3, 0.4) is 0 Å². The largest absolute Gasteiger partial charge is 0.478 e. The fourth-order valence-corrected chi connectivity index (χ4v) is 3.32. The van der Waals surface area contributed by atoms with E-state index >= 15 is 0 Å². The molecule has 1 saturated carbocycles. The van der Waals surface area contributed by atoms with Crippen molar-refractivity contribution in [2.45, 2.75) is 30.2 Å². The second-order valence-corrected chi connectivity index (χ2v) is 7.37. The lowest BCUT2D eigenvalue weighted by atomic mass is 10.2. The predicted molar refractivity (Wildman–Crippen MR) is 76.2 cm³/mol. The van der Waals surface area contributed by atoms with Gasteiger partial charge in [-0.25, -0.2) is 13.2 Å². The van der Waals surface area contributed by atoms with Gasteiger partial charge in [0, 0.05) is 12.5 Å². The Bertz CT molecular complexity index is 682. The summed E-state index contributed by atoms with van der Waals surface area (Å²) in [5.41, 5.74) is -0.165. The number of halogens is 1. The van der Waals surface area contributed by atoms with Crippen molar-refractivity contribution in [1.82, 2.24) is 5.32 Å². The average Bonchev–Trinajstić information content (AvgIpc) is 3.20. The fourth-order valence-electron chi connectivity index (χ4n) is 1.74. The van der Waals surface area contributed by atoms with E-state index in [9.17, 15) is 18.0 Å². The van der Waals surface area contributed by atoms with Crippen molar-refractivity contribution in [3.8, 4) is 0 Å². The molecule has 1 aromatic rings. The molecule has 1 aliphatic carbocycles. The average molecular weight is 332 g/mol. The first-order chi connectivity index (χ1) is 9.79. The molecule has 0 spiro atoms. The van der Waals surface area contributed by atoms with E-state index in [1.165, 1.54) is 6.07 Å². The summed E-state index contributed by atoms with van der Waals surface area (Å²) in [5.74, 6) is -1.86. The second kappa shape index (κ2) is 6.03. The zero-order valence-electron chi connectivity index (χ0n) is 11.0. The molecule has 6 nitrogen and oxygen atoms in total. The van der Waals surface area contributed by atoms with Crippen molar-refractivity contribution in [3.05, 3.63) is 28.8 Å². The lowest BCUT2D eigenvalue weighted by molar-refractivity contribution is -0.120. The SMILES string of the molecule is O=C(CCS(=O)(=O)c1ccc(C(=O)O)c(Cl)c1)NC1CC1. The molecule has 0 saturated heterocycles. The smallest absolute Gasteiger partial charge is 0.337 e. The van der Waals surface area contributed by atoms with Crippen LogP contribution in [0.1, 0.15) is 29.6 Å². The summed E-state index contributed by atoms with van der Waals surface area (Å²) in [5, 5.41) is 11.4. The van der Waals surface area contributed by atoms with Crippen LogP contribution in [0.2, 0.25) is 5.02 Å². The minimum atomic E-state index is -3.67. The zero-order chi connectivity index (χ0) is 15.6. The maximum Gasteiger partial charge on any atom is 0.337 e. The molecule has 1 amide bonds. The number of sulfone groups is 1. The third kappa shape index (κ3) is 4.18. The van der Waals surface area contributed by atoms with E-state index in [1.807, 2.05) is 0 Å². The molecule has 0 bridgehead atoms. The molecule has 0 heterocycles. The highest BCUT2D eigenvalue weighted by Gasteiger charge is 2.24. The van der Waals surface area contributed by atoms with Gasteiger partial charge < -0.3 is 10.4 Å². The number of carbonyl (C=O) groups excluding carboxylic acids is 1. The number of amides is 1. The van der Waals surface area contributed by atoms with Crippen LogP contribution in [-0.2, 0) is 14.6 Å². The van der Waals surface area contributed by atoms with E-state index in [4.69, 9.17) is 16.7 Å². The minimum absolute atomic E-state index is 0.0864. The molecule has 1 fully saturated rings. The Kier molecular flexibility index (Phi) is 4.53. The molecule has 8 heteroatoms. The number of carboxylic acid groups (broad SMARTS) is 1. The van der Waals surface area contributed by atoms with Gasteiger partial charge in [-0.3, -0.25) is 4.79 Å². The van der Waals surface area contributed by atoms with Crippen molar-refractivity contribution in [2.24, 2.45) is 0 Å². The third-order valence-corrected chi connectivity index (χ3v) is 5.10. The predicted octanol–water partition coefficient (Wildman–Crippen LogP) is 1.48. The van der Waals surface area contributed by atoms with Crippen LogP contribution in [0.5, 0.6) is 0 Å². The summed E-state index contributed by atoms with van der Waals surface area (Å²) < 4.78 is 24.2. The summed E-state index contributed by atoms with van der Waals surface area (Å²) in [6.07, 6.45) is 1.74. The zero-order valence-corrected chi connectivity index (χ0v) is 12.6. The highest BCUT2D eigenvalue weighted by atomic mass is 35.5. The molecule has 0 unspecified atom stereocenters. The first-order valence-electron chi connectivity index (χ1n) is 6.34. The number of carbonyl (C=O) groups is 2. The molecule has 1 aliphatic rings. The summed E-state index contributed by atoms with van der Waals surface area (Å²) >= 11 is 5.75. The Hall–Kier alpha value is -1.60. The highest BCUT2D eigenvalue weighted by Crippen LogP contribution is 2.22. The van der Waals surface area contributed by atoms with Crippen molar-refractivity contribution < 1.29 is 23.1 Å². The van der Waals surface area contributed by atoms with Crippen LogP contribution in [0.25, 0.3) is 0 Å². The molecule has 0 radical (unpaired) electrons. The molecule has 1 aromatic carbocycles. The van der Waals surface area contributed by atoms with E-state index in [2.05, 4.69) is 5.32 Å². The summed E-state index contributed by atoms with van der Waals surface area (Å²) in [6.45, 7) is 0. The Morgan fingerprint density at radius 1 is 1.33 bits per heavy atom. The first-order valence-corrected chi connectivity index (χ1v) is 8.37. The maximum atomic E-state index is 12.1. The number of benzene rings is 1. The monoisotopic (exact) mass is 331 g/mol. The van der Waals surface area contributed by atoms with Gasteiger partial charge in [0.2, 0.25) is 5.91 Å². The second-order valence-electron chi connectivity index (χ2n) is 4.86. The number of rotatable bonds is 6. The summed E-state index contributed by atoms with van der Waals surface area (Å²) in [4.78, 5) is 22.2. The van der Waals surface area contributed by atoms with Gasteiger partial charge in [-0.05, 0) is 31.0 Å². The van der Waals surface area contributed by atoms with Gasteiger partial charge >= 0.3 is 5.97 Å². The molecule has 114 valence electrons. The van der Waals surface area contributed by atoms with E-state index in [-0.39, 0.29) is 39.6 Å². The lowest BCUT2D eigenvalue weighted by Gasteiger charge is -2.07. The van der Waals surface area contributed by atoms with Crippen LogP contribution < -0.4 is 5.32 Å². The van der Waals surface area contributed by atoms with Gasteiger partial charge in [0.05, 0.1) is 21.2 Å². The van der Waals surface area contributed by atoms with Crippen LogP contribution in [-0.4, -0.2) is 37.2 Å². The Labute approximate surface area is 127 Å². The van der Waals surface area contributed by atoms with Crippen molar-refractivity contribution >= 4 is 33.3 Å². The molecular formula is C13H14ClNO5S. The lowest BCUT2D eigenvalue weighted by Crippen LogP contribution is -2.27. The quantitative estimate of drug-likeness (QED) is 0.822. The van der Waals surface area contributed by atoms with Gasteiger partial charge in [0.25, 0.3) is 0 Å². The third-order valence-electron chi connectivity index (χ3n) is 3.07. The number of aromatic carboxylic acids is 1. The first kappa shape index (κ1) is 15.8. The molecule has 2 N–H and O–H groups in total. The Morgan fingerprint density at radius 3 is 2.52 bits per heavy atom. The maximum absolute atomic E-state index is 12.1. The number of nitrogens with one attached hydrogen (secondary N) is 1. The van der Waals surface area contributed by atoms with Crippen LogP contribution in [0.15, 0.2) is 23.1 Å². The standard InChI is InChI=1S/C13H14ClNO5S/c14-11-7-9(3-4-10(11)13(17)18)21(19,20)6-5-12(16)15-8-1-2-8/h3-4,7-8H,1-2,5-6H2,(H,15,16)(H,17,18). The van der Waals surface area contributed by atoms with Crippen molar-refractivity contribution in [2.75, 3.05) is 5.75 Å². The molecule has 2 rings (SSSR count). The number of hydrogen-bond donors (Lipinski definition) is 2. The topological polar surface area (TPSA) is 101 Å². The van der Waals surface area contributed by atoms with Crippen LogP contribution in [0, 0.1) is 0 Å². The fraction of sp³-hybridized carbons (Fsp3) is 0.385. The molecular weight excluding hydrogens is 318 g/mol. The Morgan fingerprint density at radius 2 is 2.00 bits per heavy atom. The molecule has 0 aromatic heterocycles. The van der Waals surface area contributed by atoms with Gasteiger partial charge in [0.1, 0.15) is 0 Å². The summed E-state index contributed by atoms with van der Waals surface area (Å²) in [7, 11) is -3.67. The van der Waals surface area contributed by atoms with E-state index in [1.54, 1.807) is 0 Å². The van der Waals surface area contributed by atoms with Gasteiger partial charge in [-0.2, -0.15) is 0 Å².